The highest BCUT2D eigenvalue weighted by Crippen LogP contribution is 2.34. The lowest BCUT2D eigenvalue weighted by molar-refractivity contribution is 0.0699. The van der Waals surface area contributed by atoms with E-state index >= 15 is 0 Å². The van der Waals surface area contributed by atoms with E-state index in [-0.39, 0.29) is 6.10 Å². The molecular weight excluding hydrogens is 412 g/mol. The highest BCUT2D eigenvalue weighted by atomic mass is 35.5. The molecule has 3 rings (SSSR count). The molecule has 1 heterocycles. The van der Waals surface area contributed by atoms with Crippen molar-refractivity contribution in [3.05, 3.63) is 53.1 Å². The zero-order chi connectivity index (χ0) is 21.2. The maximum atomic E-state index is 12.0. The number of amides is 1. The molecule has 1 aliphatic rings. The highest BCUT2D eigenvalue weighted by molar-refractivity contribution is 7.97. The Morgan fingerprint density at radius 1 is 1.17 bits per heavy atom. The Bertz CT molecular complexity index is 781. The number of carbonyl (C=O) groups is 1. The summed E-state index contributed by atoms with van der Waals surface area (Å²) in [4.78, 5) is 12.8. The summed E-state index contributed by atoms with van der Waals surface area (Å²) in [7, 11) is 1.50. The van der Waals surface area contributed by atoms with Crippen molar-refractivity contribution in [3.8, 4) is 11.5 Å². The van der Waals surface area contributed by atoms with Crippen LogP contribution >= 0.6 is 23.5 Å². The van der Waals surface area contributed by atoms with Gasteiger partial charge in [0.1, 0.15) is 17.6 Å². The minimum Gasteiger partial charge on any atom is -0.496 e. The molecule has 1 fully saturated rings. The van der Waals surface area contributed by atoms with Gasteiger partial charge in [0.2, 0.25) is 0 Å². The first-order valence-electron chi connectivity index (χ1n) is 9.57. The number of piperidine rings is 1. The van der Waals surface area contributed by atoms with Gasteiger partial charge in [-0.15, -0.1) is 0 Å². The van der Waals surface area contributed by atoms with E-state index < -0.39 is 5.91 Å². The lowest BCUT2D eigenvalue weighted by Crippen LogP contribution is -2.34. The molecule has 0 bridgehead atoms. The molecule has 0 radical (unpaired) electrons. The first kappa shape index (κ1) is 23.3. The summed E-state index contributed by atoms with van der Waals surface area (Å²) < 4.78 is 13.5. The maximum Gasteiger partial charge on any atom is 0.279 e. The van der Waals surface area contributed by atoms with Gasteiger partial charge >= 0.3 is 0 Å². The number of nitrogens with one attached hydrogen (secondary N) is 1. The van der Waals surface area contributed by atoms with Crippen LogP contribution in [-0.2, 0) is 0 Å². The fourth-order valence-electron chi connectivity index (χ4n) is 2.92. The van der Waals surface area contributed by atoms with Gasteiger partial charge in [0.05, 0.1) is 12.7 Å². The molecule has 2 aromatic rings. The summed E-state index contributed by atoms with van der Waals surface area (Å²) in [6, 6.07) is 12.7. The predicted molar refractivity (Wildman–Crippen MR) is 116 cm³/mol. The minimum absolute atomic E-state index is 0.147. The number of methoxy groups -OCH3 is 1. The van der Waals surface area contributed by atoms with Crippen molar-refractivity contribution in [3.63, 3.8) is 0 Å². The van der Waals surface area contributed by atoms with Crippen LogP contribution in [0.25, 0.3) is 0 Å². The Labute approximate surface area is 181 Å². The molecule has 158 valence electrons. The van der Waals surface area contributed by atoms with Crippen LogP contribution in [0, 0.1) is 0 Å². The maximum absolute atomic E-state index is 12.0. The highest BCUT2D eigenvalue weighted by Gasteiger charge is 2.24. The molecule has 2 aromatic carbocycles. The largest absolute Gasteiger partial charge is 0.496 e. The van der Waals surface area contributed by atoms with Gasteiger partial charge in [-0.3, -0.25) is 10.0 Å². The van der Waals surface area contributed by atoms with Crippen LogP contribution < -0.4 is 15.0 Å². The van der Waals surface area contributed by atoms with Crippen molar-refractivity contribution < 1.29 is 19.5 Å². The van der Waals surface area contributed by atoms with Gasteiger partial charge in [0.15, 0.2) is 0 Å². The Morgan fingerprint density at radius 2 is 1.83 bits per heavy atom. The topological polar surface area (TPSA) is 71.0 Å². The predicted octanol–water partition coefficient (Wildman–Crippen LogP) is 5.04. The van der Waals surface area contributed by atoms with Crippen LogP contribution in [0.3, 0.4) is 0 Å². The standard InChI is InChI=1S/C19H21ClN2O4S.C2H6/c1-25-16-3-2-4-17(18(16)19(23)21-24)27-22-11-9-15(10-12-22)26-14-7-5-13(20)6-8-14;1-2/h2-8,15,24H,9-12H2,1H3,(H,21,23);1-2H3. The van der Waals surface area contributed by atoms with Gasteiger partial charge in [0, 0.05) is 23.0 Å². The number of hydrogen-bond acceptors (Lipinski definition) is 6. The van der Waals surface area contributed by atoms with Crippen LogP contribution in [0.15, 0.2) is 47.4 Å². The fraction of sp³-hybridized carbons (Fsp3) is 0.381. The second-order valence-corrected chi connectivity index (χ2v) is 7.64. The third kappa shape index (κ3) is 6.54. The second kappa shape index (κ2) is 11.9. The van der Waals surface area contributed by atoms with Crippen molar-refractivity contribution in [1.82, 2.24) is 9.79 Å². The molecule has 6 nitrogen and oxygen atoms in total. The monoisotopic (exact) mass is 438 g/mol. The molecule has 0 unspecified atom stereocenters. The van der Waals surface area contributed by atoms with E-state index in [0.29, 0.717) is 16.3 Å². The summed E-state index contributed by atoms with van der Waals surface area (Å²) in [6.07, 6.45) is 1.90. The average Bonchev–Trinajstić information content (AvgIpc) is 2.77. The summed E-state index contributed by atoms with van der Waals surface area (Å²) in [5.41, 5.74) is 2.02. The zero-order valence-corrected chi connectivity index (χ0v) is 18.4. The van der Waals surface area contributed by atoms with Crippen LogP contribution in [0.2, 0.25) is 5.02 Å². The number of halogens is 1. The number of ether oxygens (including phenoxy) is 2. The van der Waals surface area contributed by atoms with Crippen LogP contribution in [0.1, 0.15) is 37.0 Å². The van der Waals surface area contributed by atoms with E-state index in [9.17, 15) is 4.79 Å². The normalized spacial score (nSPS) is 14.5. The molecule has 8 heteroatoms. The van der Waals surface area contributed by atoms with Gasteiger partial charge in [-0.05, 0) is 61.2 Å². The van der Waals surface area contributed by atoms with Crippen LogP contribution in [0.4, 0.5) is 0 Å². The molecule has 0 atom stereocenters. The van der Waals surface area contributed by atoms with Crippen molar-refractivity contribution in [2.75, 3.05) is 20.2 Å². The van der Waals surface area contributed by atoms with E-state index in [0.717, 1.165) is 36.6 Å². The number of hydrogen-bond donors (Lipinski definition) is 2. The third-order valence-electron chi connectivity index (χ3n) is 4.28. The Morgan fingerprint density at radius 3 is 2.41 bits per heavy atom. The Hall–Kier alpha value is -1.93. The smallest absolute Gasteiger partial charge is 0.279 e. The number of nitrogens with zero attached hydrogens (tertiary/aromatic N) is 1. The second-order valence-electron chi connectivity index (χ2n) is 6.07. The number of carbonyl (C=O) groups excluding carboxylic acids is 1. The number of rotatable bonds is 6. The van der Waals surface area contributed by atoms with E-state index in [1.165, 1.54) is 19.1 Å². The molecular formula is C21H27ClN2O4S. The van der Waals surface area contributed by atoms with Crippen molar-refractivity contribution in [2.45, 2.75) is 37.7 Å². The number of benzene rings is 2. The molecule has 0 aliphatic carbocycles. The molecule has 2 N–H and O–H groups in total. The van der Waals surface area contributed by atoms with Gasteiger partial charge in [-0.2, -0.15) is 0 Å². The lowest BCUT2D eigenvalue weighted by atomic mass is 10.1. The summed E-state index contributed by atoms with van der Waals surface area (Å²) in [5.74, 6) is 0.656. The minimum atomic E-state index is -0.587. The van der Waals surface area contributed by atoms with Gasteiger partial charge in [-0.25, -0.2) is 9.79 Å². The molecule has 1 aliphatic heterocycles. The Kier molecular flexibility index (Phi) is 9.60. The van der Waals surface area contributed by atoms with E-state index in [1.54, 1.807) is 11.5 Å². The fourth-order valence-corrected chi connectivity index (χ4v) is 4.14. The zero-order valence-electron chi connectivity index (χ0n) is 16.9. The van der Waals surface area contributed by atoms with Crippen molar-refractivity contribution >= 4 is 29.5 Å². The molecule has 0 saturated carbocycles. The Balaban J connectivity index is 0.00000145. The van der Waals surface area contributed by atoms with Gasteiger partial charge < -0.3 is 9.47 Å². The number of hydroxylamine groups is 1. The first-order chi connectivity index (χ1) is 14.1. The molecule has 1 saturated heterocycles. The van der Waals surface area contributed by atoms with Crippen LogP contribution in [0.5, 0.6) is 11.5 Å². The molecule has 0 aromatic heterocycles. The van der Waals surface area contributed by atoms with Gasteiger partial charge in [0.25, 0.3) is 5.91 Å². The van der Waals surface area contributed by atoms with E-state index in [2.05, 4.69) is 4.31 Å². The van der Waals surface area contributed by atoms with Crippen molar-refractivity contribution in [1.29, 1.82) is 0 Å². The summed E-state index contributed by atoms with van der Waals surface area (Å²) >= 11 is 7.38. The van der Waals surface area contributed by atoms with E-state index in [1.807, 2.05) is 50.2 Å². The quantitative estimate of drug-likeness (QED) is 0.374. The average molecular weight is 439 g/mol. The summed E-state index contributed by atoms with van der Waals surface area (Å²) in [5, 5.41) is 9.72. The SMILES string of the molecule is CC.COc1cccc(SN2CCC(Oc3ccc(Cl)cc3)CC2)c1C(=O)NO. The summed E-state index contributed by atoms with van der Waals surface area (Å²) in [6.45, 7) is 5.64. The first-order valence-corrected chi connectivity index (χ1v) is 10.7. The molecule has 1 amide bonds. The molecule has 0 spiro atoms. The molecule has 29 heavy (non-hydrogen) atoms. The van der Waals surface area contributed by atoms with Crippen LogP contribution in [-0.4, -0.2) is 41.7 Å². The lowest BCUT2D eigenvalue weighted by Gasteiger charge is -2.31. The third-order valence-corrected chi connectivity index (χ3v) is 5.69. The van der Waals surface area contributed by atoms with Crippen molar-refractivity contribution in [2.24, 2.45) is 0 Å². The van der Waals surface area contributed by atoms with E-state index in [4.69, 9.17) is 26.3 Å². The van der Waals surface area contributed by atoms with Gasteiger partial charge in [-0.1, -0.05) is 31.5 Å².